The second kappa shape index (κ2) is 6.77. The Morgan fingerprint density at radius 1 is 1.25 bits per heavy atom. The third-order valence-corrected chi connectivity index (χ3v) is 4.62. The summed E-state index contributed by atoms with van der Waals surface area (Å²) in [4.78, 5) is 0. The number of hydrogen-bond acceptors (Lipinski definition) is 1. The van der Waals surface area contributed by atoms with Crippen LogP contribution in [0.4, 0.5) is 0 Å². The van der Waals surface area contributed by atoms with Crippen LogP contribution in [-0.4, -0.2) is 5.11 Å². The van der Waals surface area contributed by atoms with Gasteiger partial charge in [0.05, 0.1) is 6.10 Å². The van der Waals surface area contributed by atoms with Gasteiger partial charge in [-0.2, -0.15) is 0 Å². The van der Waals surface area contributed by atoms with Crippen LogP contribution in [0, 0.1) is 5.92 Å². The number of halogens is 2. The van der Waals surface area contributed by atoms with Gasteiger partial charge in [0.15, 0.2) is 0 Å². The molecule has 2 atom stereocenters. The smallest absolute Gasteiger partial charge is 0.0793 e. The molecule has 0 spiro atoms. The molecule has 1 aromatic carbocycles. The van der Waals surface area contributed by atoms with Crippen molar-refractivity contribution < 1.29 is 5.11 Å². The van der Waals surface area contributed by atoms with E-state index in [4.69, 9.17) is 0 Å². The van der Waals surface area contributed by atoms with Gasteiger partial charge in [-0.25, -0.2) is 0 Å². The SMILES string of the molecule is CCCC(C)CC(O)c1ccc(Br)c(Br)c1. The first-order valence-corrected chi connectivity index (χ1v) is 7.26. The van der Waals surface area contributed by atoms with E-state index in [0.29, 0.717) is 5.92 Å². The molecule has 1 aromatic rings. The highest BCUT2D eigenvalue weighted by molar-refractivity contribution is 9.13. The monoisotopic (exact) mass is 348 g/mol. The fraction of sp³-hybridized carbons (Fsp3) is 0.538. The molecule has 0 saturated heterocycles. The van der Waals surface area contributed by atoms with Crippen LogP contribution in [-0.2, 0) is 0 Å². The highest BCUT2D eigenvalue weighted by Crippen LogP contribution is 2.29. The predicted octanol–water partition coefficient (Wildman–Crippen LogP) is 5.07. The summed E-state index contributed by atoms with van der Waals surface area (Å²) in [5.41, 5.74) is 0.984. The van der Waals surface area contributed by atoms with E-state index in [0.717, 1.165) is 20.9 Å². The Hall–Kier alpha value is 0.140. The first-order valence-electron chi connectivity index (χ1n) is 5.67. The van der Waals surface area contributed by atoms with E-state index in [1.807, 2.05) is 18.2 Å². The molecule has 1 N–H and O–H groups in total. The van der Waals surface area contributed by atoms with Crippen LogP contribution in [0.15, 0.2) is 27.1 Å². The summed E-state index contributed by atoms with van der Waals surface area (Å²) in [6.07, 6.45) is 2.83. The largest absolute Gasteiger partial charge is 0.388 e. The lowest BCUT2D eigenvalue weighted by atomic mass is 9.95. The van der Waals surface area contributed by atoms with Crippen molar-refractivity contribution in [1.29, 1.82) is 0 Å². The Morgan fingerprint density at radius 3 is 2.50 bits per heavy atom. The quantitative estimate of drug-likeness (QED) is 0.786. The number of hydrogen-bond donors (Lipinski definition) is 1. The van der Waals surface area contributed by atoms with Crippen LogP contribution in [0.3, 0.4) is 0 Å². The summed E-state index contributed by atoms with van der Waals surface area (Å²) >= 11 is 6.88. The van der Waals surface area contributed by atoms with Gasteiger partial charge in [-0.1, -0.05) is 32.8 Å². The zero-order chi connectivity index (χ0) is 12.1. The van der Waals surface area contributed by atoms with Gasteiger partial charge >= 0.3 is 0 Å². The van der Waals surface area contributed by atoms with Gasteiger partial charge in [-0.05, 0) is 61.9 Å². The molecule has 0 fully saturated rings. The average molecular weight is 350 g/mol. The standard InChI is InChI=1S/C13H18Br2O/c1-3-4-9(2)7-13(16)10-5-6-11(14)12(15)8-10/h5-6,8-9,13,16H,3-4,7H2,1-2H3. The van der Waals surface area contributed by atoms with Crippen LogP contribution in [0.2, 0.25) is 0 Å². The molecule has 16 heavy (non-hydrogen) atoms. The molecule has 1 rings (SSSR count). The van der Waals surface area contributed by atoms with Crippen LogP contribution in [0.1, 0.15) is 44.8 Å². The Balaban J connectivity index is 2.65. The maximum Gasteiger partial charge on any atom is 0.0793 e. The normalized spacial score (nSPS) is 14.8. The van der Waals surface area contributed by atoms with E-state index in [-0.39, 0.29) is 6.10 Å². The van der Waals surface area contributed by atoms with Crippen molar-refractivity contribution in [3.05, 3.63) is 32.7 Å². The molecule has 0 aromatic heterocycles. The summed E-state index contributed by atoms with van der Waals surface area (Å²) in [7, 11) is 0. The van der Waals surface area contributed by atoms with Crippen molar-refractivity contribution in [3.63, 3.8) is 0 Å². The van der Waals surface area contributed by atoms with Crippen LogP contribution < -0.4 is 0 Å². The molecule has 0 saturated carbocycles. The minimum Gasteiger partial charge on any atom is -0.388 e. The third-order valence-electron chi connectivity index (χ3n) is 2.74. The molecule has 3 heteroatoms. The van der Waals surface area contributed by atoms with Gasteiger partial charge < -0.3 is 5.11 Å². The molecule has 2 unspecified atom stereocenters. The second-order valence-corrected chi connectivity index (χ2v) is 6.03. The van der Waals surface area contributed by atoms with Crippen LogP contribution in [0.5, 0.6) is 0 Å². The molecule has 0 radical (unpaired) electrons. The van der Waals surface area contributed by atoms with Gasteiger partial charge in [-0.3, -0.25) is 0 Å². The Bertz CT molecular complexity index is 339. The predicted molar refractivity (Wildman–Crippen MR) is 75.5 cm³/mol. The summed E-state index contributed by atoms with van der Waals surface area (Å²) in [5.74, 6) is 0.572. The lowest BCUT2D eigenvalue weighted by molar-refractivity contribution is 0.145. The molecule has 0 amide bonds. The van der Waals surface area contributed by atoms with Crippen molar-refractivity contribution in [2.45, 2.75) is 39.2 Å². The van der Waals surface area contributed by atoms with E-state index < -0.39 is 0 Å². The molecule has 0 bridgehead atoms. The summed E-state index contributed by atoms with van der Waals surface area (Å²) in [5, 5.41) is 10.1. The molecular formula is C13H18Br2O. The zero-order valence-electron chi connectivity index (χ0n) is 9.71. The van der Waals surface area contributed by atoms with E-state index >= 15 is 0 Å². The van der Waals surface area contributed by atoms with Gasteiger partial charge in [0, 0.05) is 8.95 Å². The van der Waals surface area contributed by atoms with Crippen molar-refractivity contribution >= 4 is 31.9 Å². The highest BCUT2D eigenvalue weighted by atomic mass is 79.9. The Labute approximate surface area is 115 Å². The second-order valence-electron chi connectivity index (χ2n) is 4.32. The zero-order valence-corrected chi connectivity index (χ0v) is 12.9. The maximum atomic E-state index is 10.1. The van der Waals surface area contributed by atoms with Gasteiger partial charge in [0.2, 0.25) is 0 Å². The van der Waals surface area contributed by atoms with E-state index in [2.05, 4.69) is 45.7 Å². The molecule has 0 aliphatic heterocycles. The van der Waals surface area contributed by atoms with Gasteiger partial charge in [0.25, 0.3) is 0 Å². The molecule has 0 heterocycles. The lowest BCUT2D eigenvalue weighted by Crippen LogP contribution is -2.04. The lowest BCUT2D eigenvalue weighted by Gasteiger charge is -2.16. The summed E-state index contributed by atoms with van der Waals surface area (Å²) < 4.78 is 2.01. The van der Waals surface area contributed by atoms with Crippen molar-refractivity contribution in [1.82, 2.24) is 0 Å². The average Bonchev–Trinajstić information content (AvgIpc) is 2.22. The minimum absolute atomic E-state index is 0.356. The van der Waals surface area contributed by atoms with Gasteiger partial charge in [-0.15, -0.1) is 0 Å². The van der Waals surface area contributed by atoms with Crippen molar-refractivity contribution in [2.24, 2.45) is 5.92 Å². The highest BCUT2D eigenvalue weighted by Gasteiger charge is 2.12. The minimum atomic E-state index is -0.356. The Morgan fingerprint density at radius 2 is 1.94 bits per heavy atom. The van der Waals surface area contributed by atoms with Crippen LogP contribution in [0.25, 0.3) is 0 Å². The summed E-state index contributed by atoms with van der Waals surface area (Å²) in [6.45, 7) is 4.37. The van der Waals surface area contributed by atoms with Crippen molar-refractivity contribution in [3.8, 4) is 0 Å². The fourth-order valence-corrected chi connectivity index (χ4v) is 2.49. The number of aliphatic hydroxyl groups excluding tert-OH is 1. The van der Waals surface area contributed by atoms with Gasteiger partial charge in [0.1, 0.15) is 0 Å². The summed E-state index contributed by atoms with van der Waals surface area (Å²) in [6, 6.07) is 5.92. The molecule has 1 nitrogen and oxygen atoms in total. The molecule has 0 aliphatic carbocycles. The van der Waals surface area contributed by atoms with E-state index in [1.54, 1.807) is 0 Å². The molecule has 0 aliphatic rings. The Kier molecular flexibility index (Phi) is 6.01. The number of aliphatic hydroxyl groups is 1. The molecule has 90 valence electrons. The first-order chi connectivity index (χ1) is 7.54. The topological polar surface area (TPSA) is 20.2 Å². The number of rotatable bonds is 5. The maximum absolute atomic E-state index is 10.1. The van der Waals surface area contributed by atoms with Crippen LogP contribution >= 0.6 is 31.9 Å². The van der Waals surface area contributed by atoms with E-state index in [1.165, 1.54) is 12.8 Å². The first kappa shape index (κ1) is 14.2. The molecular weight excluding hydrogens is 332 g/mol. The fourth-order valence-electron chi connectivity index (χ4n) is 1.85. The van der Waals surface area contributed by atoms with E-state index in [9.17, 15) is 5.11 Å². The van der Waals surface area contributed by atoms with Crippen molar-refractivity contribution in [2.75, 3.05) is 0 Å². The number of benzene rings is 1. The third kappa shape index (κ3) is 4.19.